The number of thiophene rings is 1. The summed E-state index contributed by atoms with van der Waals surface area (Å²) in [6.45, 7) is 0.578. The molecule has 0 spiro atoms. The van der Waals surface area contributed by atoms with Gasteiger partial charge in [0.2, 0.25) is 11.9 Å². The summed E-state index contributed by atoms with van der Waals surface area (Å²) in [6, 6.07) is 13.6. The molecule has 158 valence electrons. The second-order valence-corrected chi connectivity index (χ2v) is 8.46. The molecule has 5 rings (SSSR count). The van der Waals surface area contributed by atoms with Crippen LogP contribution in [0, 0.1) is 11.3 Å². The molecule has 1 N–H and O–H groups in total. The highest BCUT2D eigenvalue weighted by Gasteiger charge is 2.28. The molecule has 0 saturated heterocycles. The highest BCUT2D eigenvalue weighted by Crippen LogP contribution is 2.36. The molecule has 3 aromatic heterocycles. The minimum absolute atomic E-state index is 0.0140. The van der Waals surface area contributed by atoms with Gasteiger partial charge in [0.05, 0.1) is 29.6 Å². The van der Waals surface area contributed by atoms with Gasteiger partial charge in [-0.25, -0.2) is 9.97 Å². The van der Waals surface area contributed by atoms with Crippen LogP contribution in [0.4, 0.5) is 17.5 Å². The van der Waals surface area contributed by atoms with Gasteiger partial charge in [0.15, 0.2) is 0 Å². The first kappa shape index (κ1) is 19.9. The topological polar surface area (TPSA) is 99.7 Å². The first-order valence-corrected chi connectivity index (χ1v) is 11.0. The number of rotatable bonds is 5. The minimum atomic E-state index is 0.0140. The molecule has 0 aliphatic carbocycles. The summed E-state index contributed by atoms with van der Waals surface area (Å²) < 4.78 is 1.70. The van der Waals surface area contributed by atoms with E-state index in [9.17, 15) is 10.1 Å². The van der Waals surface area contributed by atoms with E-state index < -0.39 is 0 Å². The fourth-order valence-electron chi connectivity index (χ4n) is 3.88. The average Bonchev–Trinajstić information content (AvgIpc) is 3.55. The molecule has 4 aromatic rings. The second kappa shape index (κ2) is 8.24. The summed E-state index contributed by atoms with van der Waals surface area (Å²) in [7, 11) is 1.83. The van der Waals surface area contributed by atoms with Gasteiger partial charge in [-0.3, -0.25) is 9.48 Å². The number of nitriles is 1. The third kappa shape index (κ3) is 3.72. The Kier molecular flexibility index (Phi) is 5.13. The van der Waals surface area contributed by atoms with E-state index in [1.165, 1.54) is 0 Å². The van der Waals surface area contributed by atoms with Gasteiger partial charge in [-0.15, -0.1) is 11.3 Å². The summed E-state index contributed by atoms with van der Waals surface area (Å²) in [5.74, 6) is 1.23. The monoisotopic (exact) mass is 441 g/mol. The zero-order valence-corrected chi connectivity index (χ0v) is 18.1. The lowest BCUT2D eigenvalue weighted by Gasteiger charge is -2.19. The van der Waals surface area contributed by atoms with Gasteiger partial charge in [-0.05, 0) is 41.6 Å². The van der Waals surface area contributed by atoms with E-state index in [0.29, 0.717) is 36.6 Å². The van der Waals surface area contributed by atoms with Crippen molar-refractivity contribution in [2.75, 3.05) is 16.8 Å². The van der Waals surface area contributed by atoms with Crippen molar-refractivity contribution in [3.8, 4) is 17.3 Å². The van der Waals surface area contributed by atoms with Crippen LogP contribution >= 0.6 is 11.3 Å². The molecule has 1 aromatic carbocycles. The lowest BCUT2D eigenvalue weighted by molar-refractivity contribution is -0.117. The van der Waals surface area contributed by atoms with Crippen molar-refractivity contribution in [1.29, 1.82) is 5.26 Å². The van der Waals surface area contributed by atoms with Gasteiger partial charge in [-0.2, -0.15) is 10.4 Å². The molecule has 0 bridgehead atoms. The van der Waals surface area contributed by atoms with Crippen LogP contribution in [0.1, 0.15) is 16.0 Å². The number of nitrogens with one attached hydrogen (secondary N) is 1. The van der Waals surface area contributed by atoms with Gasteiger partial charge in [0, 0.05) is 36.3 Å². The van der Waals surface area contributed by atoms with Crippen LogP contribution in [0.2, 0.25) is 0 Å². The molecular formula is C23H19N7OS. The molecule has 1 amide bonds. The largest absolute Gasteiger partial charge is 0.310 e. The lowest BCUT2D eigenvalue weighted by Crippen LogP contribution is -2.30. The standard InChI is InChI=1S/C23H19N7OS/c1-29-20(5-8-26-29)28-23-25-7-4-19(27-23)16-11-15-6-9-30(22(15)17(12-16)14-24)21(31)13-18-3-2-10-32-18/h2-5,7-8,10-12H,6,9,13H2,1H3,(H,25,27,28). The van der Waals surface area contributed by atoms with Crippen LogP contribution in [0.3, 0.4) is 0 Å². The predicted octanol–water partition coefficient (Wildman–Crippen LogP) is 3.69. The van der Waals surface area contributed by atoms with E-state index >= 15 is 0 Å². The molecule has 8 nitrogen and oxygen atoms in total. The smallest absolute Gasteiger partial charge is 0.232 e. The number of anilines is 3. The maximum atomic E-state index is 12.9. The van der Waals surface area contributed by atoms with E-state index in [-0.39, 0.29) is 5.91 Å². The van der Waals surface area contributed by atoms with Crippen molar-refractivity contribution in [3.05, 3.63) is 70.2 Å². The molecule has 0 unspecified atom stereocenters. The van der Waals surface area contributed by atoms with Crippen molar-refractivity contribution < 1.29 is 4.79 Å². The highest BCUT2D eigenvalue weighted by molar-refractivity contribution is 7.10. The Labute approximate surface area is 188 Å². The van der Waals surface area contributed by atoms with Crippen LogP contribution in [0.5, 0.6) is 0 Å². The third-order valence-electron chi connectivity index (χ3n) is 5.40. The molecular weight excluding hydrogens is 422 g/mol. The predicted molar refractivity (Wildman–Crippen MR) is 123 cm³/mol. The van der Waals surface area contributed by atoms with Gasteiger partial charge < -0.3 is 10.2 Å². The number of fused-ring (bicyclic) bond motifs is 1. The van der Waals surface area contributed by atoms with Crippen LogP contribution in [-0.2, 0) is 24.7 Å². The Morgan fingerprint density at radius 1 is 1.28 bits per heavy atom. The van der Waals surface area contributed by atoms with Gasteiger partial charge in [-0.1, -0.05) is 6.07 Å². The van der Waals surface area contributed by atoms with Gasteiger partial charge in [0.25, 0.3) is 0 Å². The lowest BCUT2D eigenvalue weighted by atomic mass is 10.0. The van der Waals surface area contributed by atoms with E-state index in [1.54, 1.807) is 39.4 Å². The molecule has 4 heterocycles. The molecule has 1 aliphatic rings. The summed E-state index contributed by atoms with van der Waals surface area (Å²) in [4.78, 5) is 24.6. The average molecular weight is 442 g/mol. The quantitative estimate of drug-likeness (QED) is 0.507. The van der Waals surface area contributed by atoms with Crippen molar-refractivity contribution >= 4 is 34.7 Å². The molecule has 0 fully saturated rings. The molecule has 0 saturated carbocycles. The first-order chi connectivity index (χ1) is 15.6. The normalized spacial score (nSPS) is 12.4. The Bertz CT molecular complexity index is 1340. The first-order valence-electron chi connectivity index (χ1n) is 10.1. The second-order valence-electron chi connectivity index (χ2n) is 7.43. The Morgan fingerprint density at radius 2 is 2.19 bits per heavy atom. The maximum Gasteiger partial charge on any atom is 0.232 e. The number of benzene rings is 1. The number of carbonyl (C=O) groups excluding carboxylic acids is 1. The number of carbonyl (C=O) groups is 1. The van der Waals surface area contributed by atoms with Crippen molar-refractivity contribution in [2.24, 2.45) is 7.05 Å². The Hall–Kier alpha value is -4.03. The third-order valence-corrected chi connectivity index (χ3v) is 6.28. The van der Waals surface area contributed by atoms with Crippen LogP contribution in [0.15, 0.2) is 54.2 Å². The maximum absolute atomic E-state index is 12.9. The number of hydrogen-bond donors (Lipinski definition) is 1. The summed E-state index contributed by atoms with van der Waals surface area (Å²) >= 11 is 1.57. The summed E-state index contributed by atoms with van der Waals surface area (Å²) in [5, 5.41) is 19.1. The van der Waals surface area contributed by atoms with Crippen LogP contribution in [-0.4, -0.2) is 32.2 Å². The van der Waals surface area contributed by atoms with Gasteiger partial charge in [0.1, 0.15) is 11.9 Å². The molecule has 1 aliphatic heterocycles. The number of aryl methyl sites for hydroxylation is 1. The van der Waals surface area contributed by atoms with Crippen LogP contribution in [0.25, 0.3) is 11.3 Å². The Balaban J connectivity index is 1.45. The molecule has 9 heteroatoms. The van der Waals surface area contributed by atoms with Crippen molar-refractivity contribution in [1.82, 2.24) is 19.7 Å². The SMILES string of the molecule is Cn1nccc1Nc1nccc(-c2cc(C#N)c3c(c2)CCN3C(=O)Cc2cccs2)n1. The number of amides is 1. The summed E-state index contributed by atoms with van der Waals surface area (Å²) in [6.07, 6.45) is 4.42. The fraction of sp³-hybridized carbons (Fsp3) is 0.174. The molecule has 32 heavy (non-hydrogen) atoms. The highest BCUT2D eigenvalue weighted by atomic mass is 32.1. The molecule has 0 atom stereocenters. The fourth-order valence-corrected chi connectivity index (χ4v) is 4.57. The zero-order valence-electron chi connectivity index (χ0n) is 17.3. The Morgan fingerprint density at radius 3 is 2.94 bits per heavy atom. The zero-order chi connectivity index (χ0) is 22.1. The van der Waals surface area contributed by atoms with Crippen LogP contribution < -0.4 is 10.2 Å². The van der Waals surface area contributed by atoms with Gasteiger partial charge >= 0.3 is 0 Å². The molecule has 0 radical (unpaired) electrons. The number of nitrogens with zero attached hydrogens (tertiary/aromatic N) is 6. The van der Waals surface area contributed by atoms with Crippen molar-refractivity contribution in [3.63, 3.8) is 0 Å². The van der Waals surface area contributed by atoms with Crippen molar-refractivity contribution in [2.45, 2.75) is 12.8 Å². The number of hydrogen-bond acceptors (Lipinski definition) is 7. The van der Waals surface area contributed by atoms with E-state index in [4.69, 9.17) is 0 Å². The van der Waals surface area contributed by atoms with E-state index in [1.807, 2.05) is 42.8 Å². The summed E-state index contributed by atoms with van der Waals surface area (Å²) in [5.41, 5.74) is 3.71. The number of aromatic nitrogens is 4. The van der Waals surface area contributed by atoms with E-state index in [2.05, 4.69) is 26.5 Å². The van der Waals surface area contributed by atoms with E-state index in [0.717, 1.165) is 27.5 Å². The minimum Gasteiger partial charge on any atom is -0.310 e.